The molecule has 3 unspecified atom stereocenters. The molecule has 0 radical (unpaired) electrons. The number of rotatable bonds is 11. The van der Waals surface area contributed by atoms with Crippen LogP contribution in [0, 0.1) is 0 Å². The Bertz CT molecular complexity index is 865. The van der Waals surface area contributed by atoms with Gasteiger partial charge in [-0.3, -0.25) is 14.7 Å². The number of carbonyl (C=O) groups excluding carboxylic acids is 1. The summed E-state index contributed by atoms with van der Waals surface area (Å²) in [6, 6.07) is -1.39. The zero-order chi connectivity index (χ0) is 22.4. The molecule has 6 N–H and O–H groups in total. The highest BCUT2D eigenvalue weighted by Gasteiger charge is 2.46. The SMILES string of the molecule is CCCC(NCOCOC)C(=O)NC1C(O)[C@H](n2cnc3c(N)ncnc32)O[C@@H]1CO. The molecule has 172 valence electrons. The Labute approximate surface area is 178 Å². The van der Waals surface area contributed by atoms with Gasteiger partial charge in [-0.15, -0.1) is 0 Å². The van der Waals surface area contributed by atoms with Gasteiger partial charge in [0.1, 0.15) is 30.8 Å². The predicted molar refractivity (Wildman–Crippen MR) is 108 cm³/mol. The van der Waals surface area contributed by atoms with Crippen molar-refractivity contribution in [3.63, 3.8) is 0 Å². The van der Waals surface area contributed by atoms with E-state index < -0.39 is 37.1 Å². The molecule has 1 aliphatic rings. The molecule has 31 heavy (non-hydrogen) atoms. The summed E-state index contributed by atoms with van der Waals surface area (Å²) >= 11 is 0. The van der Waals surface area contributed by atoms with Gasteiger partial charge in [0.2, 0.25) is 5.91 Å². The van der Waals surface area contributed by atoms with Crippen molar-refractivity contribution in [1.29, 1.82) is 0 Å². The molecule has 1 aliphatic heterocycles. The fourth-order valence-corrected chi connectivity index (χ4v) is 3.53. The molecule has 1 fully saturated rings. The van der Waals surface area contributed by atoms with Crippen LogP contribution in [0.1, 0.15) is 26.0 Å². The van der Waals surface area contributed by atoms with Crippen LogP contribution < -0.4 is 16.4 Å². The third kappa shape index (κ3) is 5.08. The van der Waals surface area contributed by atoms with Crippen molar-refractivity contribution in [1.82, 2.24) is 30.2 Å². The molecule has 0 saturated carbocycles. The number of nitrogens with two attached hydrogens (primary N) is 1. The number of nitrogen functional groups attached to an aromatic ring is 1. The van der Waals surface area contributed by atoms with Gasteiger partial charge in [0.15, 0.2) is 17.7 Å². The number of hydrogen-bond acceptors (Lipinski definition) is 11. The maximum absolute atomic E-state index is 12.8. The molecule has 13 nitrogen and oxygen atoms in total. The van der Waals surface area contributed by atoms with Gasteiger partial charge < -0.3 is 35.5 Å². The van der Waals surface area contributed by atoms with Crippen molar-refractivity contribution >= 4 is 22.9 Å². The number of hydrogen-bond donors (Lipinski definition) is 5. The fourth-order valence-electron chi connectivity index (χ4n) is 3.53. The molecule has 1 amide bonds. The number of aliphatic hydroxyl groups excluding tert-OH is 2. The van der Waals surface area contributed by atoms with Crippen molar-refractivity contribution in [3.8, 4) is 0 Å². The molecule has 0 aliphatic carbocycles. The van der Waals surface area contributed by atoms with Crippen LogP contribution in [0.4, 0.5) is 5.82 Å². The van der Waals surface area contributed by atoms with Gasteiger partial charge in [-0.25, -0.2) is 15.0 Å². The minimum atomic E-state index is -1.17. The first-order chi connectivity index (χ1) is 15.0. The molecule has 0 spiro atoms. The molecule has 2 aromatic heterocycles. The average Bonchev–Trinajstić information content (AvgIpc) is 3.32. The topological polar surface area (TPSA) is 179 Å². The van der Waals surface area contributed by atoms with E-state index in [-0.39, 0.29) is 25.2 Å². The van der Waals surface area contributed by atoms with Crippen LogP contribution in [0.3, 0.4) is 0 Å². The van der Waals surface area contributed by atoms with Crippen LogP contribution in [0.15, 0.2) is 12.7 Å². The molecule has 1 saturated heterocycles. The molecular formula is C18H29N7O6. The number of aliphatic hydroxyl groups is 2. The van der Waals surface area contributed by atoms with E-state index in [4.69, 9.17) is 19.9 Å². The second kappa shape index (κ2) is 10.7. The number of carbonyl (C=O) groups is 1. The minimum absolute atomic E-state index is 0.101. The summed E-state index contributed by atoms with van der Waals surface area (Å²) in [7, 11) is 1.51. The molecule has 5 atom stereocenters. The van der Waals surface area contributed by atoms with Crippen LogP contribution in [0.5, 0.6) is 0 Å². The lowest BCUT2D eigenvalue weighted by molar-refractivity contribution is -0.126. The highest BCUT2D eigenvalue weighted by molar-refractivity contribution is 5.82. The molecular weight excluding hydrogens is 410 g/mol. The van der Waals surface area contributed by atoms with E-state index in [0.717, 1.165) is 6.42 Å². The summed E-state index contributed by atoms with van der Waals surface area (Å²) in [6.07, 6.45) is 1.11. The van der Waals surface area contributed by atoms with E-state index in [1.54, 1.807) is 0 Å². The molecule has 0 bridgehead atoms. The van der Waals surface area contributed by atoms with E-state index >= 15 is 0 Å². The minimum Gasteiger partial charge on any atom is -0.394 e. The van der Waals surface area contributed by atoms with E-state index in [1.165, 1.54) is 24.3 Å². The summed E-state index contributed by atoms with van der Waals surface area (Å²) in [5.74, 6) is -0.138. The zero-order valence-corrected chi connectivity index (χ0v) is 17.5. The summed E-state index contributed by atoms with van der Waals surface area (Å²) in [4.78, 5) is 25.1. The Hall–Kier alpha value is -2.42. The Balaban J connectivity index is 1.73. The molecule has 3 rings (SSSR count). The van der Waals surface area contributed by atoms with E-state index in [1.807, 2.05) is 6.92 Å². The van der Waals surface area contributed by atoms with Gasteiger partial charge in [-0.1, -0.05) is 13.3 Å². The largest absolute Gasteiger partial charge is 0.394 e. The predicted octanol–water partition coefficient (Wildman–Crippen LogP) is -1.52. The van der Waals surface area contributed by atoms with Crippen LogP contribution >= 0.6 is 0 Å². The zero-order valence-electron chi connectivity index (χ0n) is 17.5. The lowest BCUT2D eigenvalue weighted by Gasteiger charge is -2.24. The summed E-state index contributed by atoms with van der Waals surface area (Å²) in [5, 5.41) is 26.5. The number of methoxy groups -OCH3 is 1. The Kier molecular flexibility index (Phi) is 8.06. The van der Waals surface area contributed by atoms with Crippen LogP contribution in [0.2, 0.25) is 0 Å². The second-order valence-electron chi connectivity index (χ2n) is 7.16. The standard InChI is InChI=1S/C18H29N7O6/c1-3-4-10(23-8-30-9-29-2)17(28)24-12-11(5-26)31-18(14(12)27)25-7-22-13-15(19)20-6-21-16(13)25/h6-7,10-12,14,18,23,26-27H,3-5,8-9H2,1-2H3,(H,24,28)(H2,19,20,21)/t10?,11-,12?,14?,18-/m1/s1. The quantitative estimate of drug-likeness (QED) is 0.203. The Morgan fingerprint density at radius 2 is 2.23 bits per heavy atom. The fraction of sp³-hybridized carbons (Fsp3) is 0.667. The Morgan fingerprint density at radius 3 is 2.94 bits per heavy atom. The first-order valence-electron chi connectivity index (χ1n) is 9.99. The van der Waals surface area contributed by atoms with Crippen molar-refractivity contribution in [2.45, 2.75) is 50.3 Å². The first kappa shape index (κ1) is 23.2. The highest BCUT2D eigenvalue weighted by Crippen LogP contribution is 2.32. The first-order valence-corrected chi connectivity index (χ1v) is 9.99. The van der Waals surface area contributed by atoms with Gasteiger partial charge in [-0.05, 0) is 6.42 Å². The number of aromatic nitrogens is 4. The number of nitrogens with zero attached hydrogens (tertiary/aromatic N) is 4. The van der Waals surface area contributed by atoms with Gasteiger partial charge in [-0.2, -0.15) is 0 Å². The van der Waals surface area contributed by atoms with E-state index in [9.17, 15) is 15.0 Å². The summed E-state index contributed by atoms with van der Waals surface area (Å²) < 4.78 is 17.3. The lowest BCUT2D eigenvalue weighted by atomic mass is 10.1. The van der Waals surface area contributed by atoms with Crippen molar-refractivity contribution in [2.75, 3.05) is 33.0 Å². The van der Waals surface area contributed by atoms with Gasteiger partial charge in [0, 0.05) is 7.11 Å². The maximum Gasteiger partial charge on any atom is 0.237 e. The molecule has 3 heterocycles. The van der Waals surface area contributed by atoms with Crippen LogP contribution in [-0.2, 0) is 19.0 Å². The van der Waals surface area contributed by atoms with Gasteiger partial charge >= 0.3 is 0 Å². The number of imidazole rings is 1. The average molecular weight is 439 g/mol. The number of fused-ring (bicyclic) bond motifs is 1. The van der Waals surface area contributed by atoms with Crippen LogP contribution in [-0.4, -0.2) is 87.2 Å². The van der Waals surface area contributed by atoms with Crippen LogP contribution in [0.25, 0.3) is 11.2 Å². The van der Waals surface area contributed by atoms with E-state index in [0.29, 0.717) is 17.6 Å². The number of nitrogens with one attached hydrogen (secondary N) is 2. The molecule has 13 heteroatoms. The Morgan fingerprint density at radius 1 is 1.42 bits per heavy atom. The number of amides is 1. The van der Waals surface area contributed by atoms with E-state index in [2.05, 4.69) is 25.6 Å². The smallest absolute Gasteiger partial charge is 0.237 e. The maximum atomic E-state index is 12.8. The van der Waals surface area contributed by atoms with Crippen molar-refractivity contribution < 1.29 is 29.2 Å². The third-order valence-electron chi connectivity index (χ3n) is 5.05. The molecule has 2 aromatic rings. The second-order valence-corrected chi connectivity index (χ2v) is 7.16. The highest BCUT2D eigenvalue weighted by atomic mass is 16.7. The van der Waals surface area contributed by atoms with Crippen molar-refractivity contribution in [2.24, 2.45) is 0 Å². The number of ether oxygens (including phenoxy) is 3. The summed E-state index contributed by atoms with van der Waals surface area (Å²) in [5.41, 5.74) is 6.56. The van der Waals surface area contributed by atoms with Crippen molar-refractivity contribution in [3.05, 3.63) is 12.7 Å². The number of anilines is 1. The summed E-state index contributed by atoms with van der Waals surface area (Å²) in [6.45, 7) is 1.79. The normalized spacial score (nSPS) is 24.5. The van der Waals surface area contributed by atoms with Gasteiger partial charge in [0.05, 0.1) is 31.7 Å². The third-order valence-corrected chi connectivity index (χ3v) is 5.05. The monoisotopic (exact) mass is 439 g/mol. The van der Waals surface area contributed by atoms with Gasteiger partial charge in [0.25, 0.3) is 0 Å². The molecule has 0 aromatic carbocycles. The lowest BCUT2D eigenvalue weighted by Crippen LogP contribution is -2.54.